The van der Waals surface area contributed by atoms with Crippen LogP contribution in [-0.4, -0.2) is 28.6 Å². The first-order valence-corrected chi connectivity index (χ1v) is 5.54. The Morgan fingerprint density at radius 2 is 1.94 bits per heavy atom. The molecule has 0 radical (unpaired) electrons. The van der Waals surface area contributed by atoms with E-state index < -0.39 is 23.5 Å². The summed E-state index contributed by atoms with van der Waals surface area (Å²) in [5.74, 6) is -1.14. The van der Waals surface area contributed by atoms with E-state index in [9.17, 15) is 9.59 Å². The lowest BCUT2D eigenvalue weighted by atomic mass is 9.97. The maximum atomic E-state index is 11.7. The number of rotatable bonds is 6. The third kappa shape index (κ3) is 4.18. The lowest BCUT2D eigenvalue weighted by molar-refractivity contribution is -0.147. The van der Waals surface area contributed by atoms with Gasteiger partial charge in [0.25, 0.3) is 0 Å². The molecule has 0 aromatic carbocycles. The highest BCUT2D eigenvalue weighted by molar-refractivity contribution is 5.89. The van der Waals surface area contributed by atoms with Gasteiger partial charge in [-0.25, -0.2) is 4.79 Å². The van der Waals surface area contributed by atoms with Crippen LogP contribution in [0.1, 0.15) is 40.5 Å². The van der Waals surface area contributed by atoms with Gasteiger partial charge in [0.15, 0.2) is 0 Å². The summed E-state index contributed by atoms with van der Waals surface area (Å²) < 4.78 is 0. The predicted molar refractivity (Wildman–Crippen MR) is 61.9 cm³/mol. The second-order valence-electron chi connectivity index (χ2n) is 4.72. The van der Waals surface area contributed by atoms with Crippen molar-refractivity contribution in [3.63, 3.8) is 0 Å². The summed E-state index contributed by atoms with van der Waals surface area (Å²) in [4.78, 5) is 22.6. The van der Waals surface area contributed by atoms with Gasteiger partial charge in [0.1, 0.15) is 5.54 Å². The molecule has 2 atom stereocenters. The summed E-state index contributed by atoms with van der Waals surface area (Å²) in [6.07, 6.45) is 0.869. The van der Waals surface area contributed by atoms with E-state index >= 15 is 0 Å². The summed E-state index contributed by atoms with van der Waals surface area (Å²) in [6, 6.07) is -0.648. The molecule has 0 aliphatic carbocycles. The molecule has 0 fully saturated rings. The van der Waals surface area contributed by atoms with Crippen molar-refractivity contribution in [2.45, 2.75) is 52.1 Å². The third-order valence-corrected chi connectivity index (χ3v) is 2.64. The van der Waals surface area contributed by atoms with E-state index in [2.05, 4.69) is 5.32 Å². The average Bonchev–Trinajstić information content (AvgIpc) is 2.16. The topological polar surface area (TPSA) is 92.4 Å². The summed E-state index contributed by atoms with van der Waals surface area (Å²) in [5, 5.41) is 11.5. The minimum atomic E-state index is -1.23. The number of carboxylic acids is 1. The van der Waals surface area contributed by atoms with E-state index in [1.54, 1.807) is 6.92 Å². The molecule has 0 heterocycles. The van der Waals surface area contributed by atoms with Gasteiger partial charge in [0, 0.05) is 0 Å². The van der Waals surface area contributed by atoms with E-state index in [4.69, 9.17) is 10.8 Å². The van der Waals surface area contributed by atoms with Crippen LogP contribution in [0.4, 0.5) is 0 Å². The van der Waals surface area contributed by atoms with Crippen molar-refractivity contribution in [2.24, 2.45) is 11.7 Å². The zero-order valence-electron chi connectivity index (χ0n) is 10.4. The fraction of sp³-hybridized carbons (Fsp3) is 0.818. The smallest absolute Gasteiger partial charge is 0.329 e. The predicted octanol–water partition coefficient (Wildman–Crippen LogP) is 0.729. The molecule has 0 aromatic rings. The van der Waals surface area contributed by atoms with E-state index in [1.807, 2.05) is 13.8 Å². The number of nitrogens with one attached hydrogen (secondary N) is 1. The highest BCUT2D eigenvalue weighted by Gasteiger charge is 2.34. The van der Waals surface area contributed by atoms with Crippen molar-refractivity contribution in [1.29, 1.82) is 0 Å². The second kappa shape index (κ2) is 5.84. The number of carbonyl (C=O) groups is 2. The Morgan fingerprint density at radius 1 is 1.44 bits per heavy atom. The van der Waals surface area contributed by atoms with Crippen LogP contribution in [0, 0.1) is 5.92 Å². The van der Waals surface area contributed by atoms with Crippen LogP contribution in [0.25, 0.3) is 0 Å². The molecular formula is C11H22N2O3. The van der Waals surface area contributed by atoms with Crippen molar-refractivity contribution in [2.75, 3.05) is 0 Å². The van der Waals surface area contributed by atoms with E-state index in [-0.39, 0.29) is 0 Å². The molecule has 1 unspecified atom stereocenters. The SMILES string of the molecule is CCC(C)(NC(=O)[C@H](N)CC(C)C)C(=O)O. The van der Waals surface area contributed by atoms with Crippen molar-refractivity contribution in [3.8, 4) is 0 Å². The number of carboxylic acid groups (broad SMARTS) is 1. The van der Waals surface area contributed by atoms with Crippen LogP contribution in [0.3, 0.4) is 0 Å². The van der Waals surface area contributed by atoms with Gasteiger partial charge in [-0.2, -0.15) is 0 Å². The Kier molecular flexibility index (Phi) is 5.44. The fourth-order valence-electron chi connectivity index (χ4n) is 1.27. The van der Waals surface area contributed by atoms with E-state index in [0.29, 0.717) is 18.8 Å². The van der Waals surface area contributed by atoms with Crippen molar-refractivity contribution >= 4 is 11.9 Å². The lowest BCUT2D eigenvalue weighted by Gasteiger charge is -2.26. The second-order valence-corrected chi connectivity index (χ2v) is 4.72. The number of nitrogens with two attached hydrogens (primary N) is 1. The molecule has 0 rings (SSSR count). The Morgan fingerprint density at radius 3 is 2.25 bits per heavy atom. The summed E-state index contributed by atoms with van der Waals surface area (Å²) in [6.45, 7) is 7.12. The number of amides is 1. The number of hydrogen-bond donors (Lipinski definition) is 3. The Balaban J connectivity index is 4.48. The highest BCUT2D eigenvalue weighted by Crippen LogP contribution is 2.11. The molecule has 0 spiro atoms. The van der Waals surface area contributed by atoms with Crippen molar-refractivity contribution in [3.05, 3.63) is 0 Å². The summed E-state index contributed by atoms with van der Waals surface area (Å²) in [7, 11) is 0. The number of aliphatic carboxylic acids is 1. The van der Waals surface area contributed by atoms with Crippen LogP contribution in [0.5, 0.6) is 0 Å². The van der Waals surface area contributed by atoms with Gasteiger partial charge in [-0.3, -0.25) is 4.79 Å². The first-order valence-electron chi connectivity index (χ1n) is 5.54. The maximum absolute atomic E-state index is 11.7. The maximum Gasteiger partial charge on any atom is 0.329 e. The highest BCUT2D eigenvalue weighted by atomic mass is 16.4. The van der Waals surface area contributed by atoms with Crippen LogP contribution in [-0.2, 0) is 9.59 Å². The molecule has 4 N–H and O–H groups in total. The minimum absolute atomic E-state index is 0.304. The van der Waals surface area contributed by atoms with Crippen molar-refractivity contribution in [1.82, 2.24) is 5.32 Å². The van der Waals surface area contributed by atoms with Gasteiger partial charge in [-0.05, 0) is 25.7 Å². The normalized spacial score (nSPS) is 16.6. The zero-order chi connectivity index (χ0) is 12.9. The Hall–Kier alpha value is -1.10. The average molecular weight is 230 g/mol. The van der Waals surface area contributed by atoms with Crippen molar-refractivity contribution < 1.29 is 14.7 Å². The summed E-state index contributed by atoms with van der Waals surface area (Å²) >= 11 is 0. The lowest BCUT2D eigenvalue weighted by Crippen LogP contribution is -2.56. The van der Waals surface area contributed by atoms with Crippen LogP contribution in [0.15, 0.2) is 0 Å². The Bertz CT molecular complexity index is 266. The first kappa shape index (κ1) is 14.9. The van der Waals surface area contributed by atoms with Gasteiger partial charge in [0.05, 0.1) is 6.04 Å². The van der Waals surface area contributed by atoms with Crippen LogP contribution < -0.4 is 11.1 Å². The molecule has 1 amide bonds. The van der Waals surface area contributed by atoms with Gasteiger partial charge in [-0.1, -0.05) is 20.8 Å². The van der Waals surface area contributed by atoms with Gasteiger partial charge in [-0.15, -0.1) is 0 Å². The van der Waals surface area contributed by atoms with E-state index in [0.717, 1.165) is 0 Å². The Labute approximate surface area is 96.4 Å². The minimum Gasteiger partial charge on any atom is -0.480 e. The quantitative estimate of drug-likeness (QED) is 0.627. The zero-order valence-corrected chi connectivity index (χ0v) is 10.4. The fourth-order valence-corrected chi connectivity index (χ4v) is 1.27. The molecule has 16 heavy (non-hydrogen) atoms. The van der Waals surface area contributed by atoms with Gasteiger partial charge < -0.3 is 16.2 Å². The molecule has 5 nitrogen and oxygen atoms in total. The van der Waals surface area contributed by atoms with Crippen LogP contribution >= 0.6 is 0 Å². The third-order valence-electron chi connectivity index (χ3n) is 2.64. The largest absolute Gasteiger partial charge is 0.480 e. The molecule has 94 valence electrons. The number of carbonyl (C=O) groups excluding carboxylic acids is 1. The molecule has 0 saturated carbocycles. The summed E-state index contributed by atoms with van der Waals surface area (Å²) in [5.41, 5.74) is 4.44. The van der Waals surface area contributed by atoms with Gasteiger partial charge in [0.2, 0.25) is 5.91 Å². The van der Waals surface area contributed by atoms with E-state index in [1.165, 1.54) is 6.92 Å². The van der Waals surface area contributed by atoms with Gasteiger partial charge >= 0.3 is 5.97 Å². The molecule has 0 saturated heterocycles. The molecule has 0 aromatic heterocycles. The molecule has 0 bridgehead atoms. The monoisotopic (exact) mass is 230 g/mol. The first-order chi connectivity index (χ1) is 7.23. The molecule has 0 aliphatic heterocycles. The standard InChI is InChI=1S/C11H22N2O3/c1-5-11(4,10(15)16)13-9(14)8(12)6-7(2)3/h7-8H,5-6,12H2,1-4H3,(H,13,14)(H,15,16)/t8-,11?/m1/s1. The molecular weight excluding hydrogens is 208 g/mol. The molecule has 5 heteroatoms. The van der Waals surface area contributed by atoms with Crippen LogP contribution in [0.2, 0.25) is 0 Å². The molecule has 0 aliphatic rings. The number of hydrogen-bond acceptors (Lipinski definition) is 3.